The Bertz CT molecular complexity index is 88.9. The molecule has 0 unspecified atom stereocenters. The molecule has 0 aromatic rings. The third-order valence-corrected chi connectivity index (χ3v) is 0.636. The van der Waals surface area contributed by atoms with Gasteiger partial charge in [-0.25, -0.2) is 0 Å². The van der Waals surface area contributed by atoms with Crippen LogP contribution < -0.4 is 0 Å². The zero-order chi connectivity index (χ0) is 8.41. The number of hydrogen-bond acceptors (Lipinski definition) is 2. The SMILES string of the molecule is C=CCCO.CCC(=O)O. The Kier molecular flexibility index (Phi) is 13.1. The first-order chi connectivity index (χ1) is 4.68. The van der Waals surface area contributed by atoms with E-state index < -0.39 is 5.97 Å². The molecule has 10 heavy (non-hydrogen) atoms. The lowest BCUT2D eigenvalue weighted by Gasteiger charge is -1.73. The first-order valence-corrected chi connectivity index (χ1v) is 3.12. The van der Waals surface area contributed by atoms with Gasteiger partial charge in [0.15, 0.2) is 0 Å². The van der Waals surface area contributed by atoms with E-state index in [1.807, 2.05) is 0 Å². The van der Waals surface area contributed by atoms with Crippen LogP contribution in [0, 0.1) is 0 Å². The maximum absolute atomic E-state index is 9.37. The standard InChI is InChI=1S/C4H8O.C3H6O2/c1-2-3-4-5;1-2-3(4)5/h2,5H,1,3-4H2;2H2,1H3,(H,4,5). The van der Waals surface area contributed by atoms with Crippen molar-refractivity contribution in [3.8, 4) is 0 Å². The van der Waals surface area contributed by atoms with Crippen LogP contribution in [0.15, 0.2) is 12.7 Å². The summed E-state index contributed by atoms with van der Waals surface area (Å²) >= 11 is 0. The van der Waals surface area contributed by atoms with E-state index in [9.17, 15) is 4.79 Å². The lowest BCUT2D eigenvalue weighted by Crippen LogP contribution is -1.86. The fourth-order valence-electron chi connectivity index (χ4n) is 0.0913. The number of aliphatic hydroxyl groups is 1. The van der Waals surface area contributed by atoms with E-state index >= 15 is 0 Å². The topological polar surface area (TPSA) is 57.5 Å². The van der Waals surface area contributed by atoms with E-state index in [1.54, 1.807) is 13.0 Å². The Morgan fingerprint density at radius 1 is 1.70 bits per heavy atom. The summed E-state index contributed by atoms with van der Waals surface area (Å²) in [7, 11) is 0. The highest BCUT2D eigenvalue weighted by atomic mass is 16.4. The van der Waals surface area contributed by atoms with Crippen LogP contribution in [0.4, 0.5) is 0 Å². The maximum Gasteiger partial charge on any atom is 0.303 e. The first kappa shape index (κ1) is 11.9. The van der Waals surface area contributed by atoms with Crippen molar-refractivity contribution in [1.29, 1.82) is 0 Å². The maximum atomic E-state index is 9.37. The Morgan fingerprint density at radius 2 is 2.10 bits per heavy atom. The number of aliphatic carboxylic acids is 1. The van der Waals surface area contributed by atoms with Crippen molar-refractivity contribution in [3.05, 3.63) is 12.7 Å². The third-order valence-electron chi connectivity index (χ3n) is 0.636. The Hall–Kier alpha value is -0.830. The second-order valence-electron chi connectivity index (χ2n) is 1.55. The van der Waals surface area contributed by atoms with E-state index in [2.05, 4.69) is 6.58 Å². The average Bonchev–Trinajstić information content (AvgIpc) is 1.91. The van der Waals surface area contributed by atoms with Gasteiger partial charge in [0.05, 0.1) is 0 Å². The van der Waals surface area contributed by atoms with Crippen LogP contribution in [0.1, 0.15) is 19.8 Å². The molecule has 0 radical (unpaired) electrons. The van der Waals surface area contributed by atoms with E-state index in [4.69, 9.17) is 10.2 Å². The second-order valence-corrected chi connectivity index (χ2v) is 1.55. The number of carboxylic acids is 1. The van der Waals surface area contributed by atoms with Crippen molar-refractivity contribution in [3.63, 3.8) is 0 Å². The summed E-state index contributed by atoms with van der Waals surface area (Å²) < 4.78 is 0. The summed E-state index contributed by atoms with van der Waals surface area (Å²) in [6.45, 7) is 5.22. The van der Waals surface area contributed by atoms with E-state index in [0.717, 1.165) is 0 Å². The number of carbonyl (C=O) groups is 1. The molecule has 0 aromatic carbocycles. The van der Waals surface area contributed by atoms with Crippen LogP contribution in [-0.4, -0.2) is 22.8 Å². The van der Waals surface area contributed by atoms with Gasteiger partial charge in [-0.3, -0.25) is 4.79 Å². The van der Waals surface area contributed by atoms with Crippen molar-refractivity contribution in [1.82, 2.24) is 0 Å². The number of aliphatic hydroxyl groups excluding tert-OH is 1. The minimum Gasteiger partial charge on any atom is -0.481 e. The molecule has 0 saturated carbocycles. The van der Waals surface area contributed by atoms with Crippen LogP contribution in [0.3, 0.4) is 0 Å². The molecule has 0 aliphatic carbocycles. The zero-order valence-electron chi connectivity index (χ0n) is 6.21. The smallest absolute Gasteiger partial charge is 0.303 e. The zero-order valence-corrected chi connectivity index (χ0v) is 6.21. The van der Waals surface area contributed by atoms with Crippen LogP contribution in [0.25, 0.3) is 0 Å². The predicted octanol–water partition coefficient (Wildman–Crippen LogP) is 1.04. The van der Waals surface area contributed by atoms with E-state index in [1.165, 1.54) is 0 Å². The largest absolute Gasteiger partial charge is 0.481 e. The molecule has 0 bridgehead atoms. The summed E-state index contributed by atoms with van der Waals surface area (Å²) in [4.78, 5) is 9.37. The molecule has 0 aliphatic heterocycles. The molecule has 0 amide bonds. The van der Waals surface area contributed by atoms with Gasteiger partial charge in [0, 0.05) is 13.0 Å². The fourth-order valence-corrected chi connectivity index (χ4v) is 0.0913. The Balaban J connectivity index is 0. The van der Waals surface area contributed by atoms with Gasteiger partial charge < -0.3 is 10.2 Å². The van der Waals surface area contributed by atoms with Crippen molar-refractivity contribution < 1.29 is 15.0 Å². The summed E-state index contributed by atoms with van der Waals surface area (Å²) in [6, 6.07) is 0. The normalized spacial score (nSPS) is 7.40. The van der Waals surface area contributed by atoms with Crippen LogP contribution >= 0.6 is 0 Å². The monoisotopic (exact) mass is 146 g/mol. The van der Waals surface area contributed by atoms with Crippen LogP contribution in [0.5, 0.6) is 0 Å². The quantitative estimate of drug-likeness (QED) is 0.585. The van der Waals surface area contributed by atoms with Gasteiger partial charge in [0.1, 0.15) is 0 Å². The minimum absolute atomic E-state index is 0.222. The molecule has 0 spiro atoms. The molecule has 3 nitrogen and oxygen atoms in total. The molecule has 0 aromatic heterocycles. The summed E-state index contributed by atoms with van der Waals surface area (Å²) in [5, 5.41) is 15.7. The third kappa shape index (κ3) is 27.2. The van der Waals surface area contributed by atoms with Gasteiger partial charge >= 0.3 is 5.97 Å². The number of carboxylic acid groups (broad SMARTS) is 1. The lowest BCUT2D eigenvalue weighted by atomic mass is 10.5. The minimum atomic E-state index is -0.745. The Morgan fingerprint density at radius 3 is 2.10 bits per heavy atom. The predicted molar refractivity (Wildman–Crippen MR) is 39.8 cm³/mol. The molecule has 0 rings (SSSR count). The number of hydrogen-bond donors (Lipinski definition) is 2. The molecule has 2 N–H and O–H groups in total. The first-order valence-electron chi connectivity index (χ1n) is 3.12. The molecule has 0 heterocycles. The summed E-state index contributed by atoms with van der Waals surface area (Å²) in [6.07, 6.45) is 2.61. The molecule has 0 fully saturated rings. The van der Waals surface area contributed by atoms with E-state index in [-0.39, 0.29) is 13.0 Å². The summed E-state index contributed by atoms with van der Waals surface area (Å²) in [5.41, 5.74) is 0. The van der Waals surface area contributed by atoms with Crippen LogP contribution in [0.2, 0.25) is 0 Å². The lowest BCUT2D eigenvalue weighted by molar-refractivity contribution is -0.136. The number of rotatable bonds is 3. The molecular formula is C7H14O3. The molecule has 0 aliphatic rings. The fraction of sp³-hybridized carbons (Fsp3) is 0.571. The van der Waals surface area contributed by atoms with Gasteiger partial charge in [0.25, 0.3) is 0 Å². The van der Waals surface area contributed by atoms with Gasteiger partial charge in [0.2, 0.25) is 0 Å². The van der Waals surface area contributed by atoms with Crippen LogP contribution in [-0.2, 0) is 4.79 Å². The highest BCUT2D eigenvalue weighted by molar-refractivity contribution is 5.66. The van der Waals surface area contributed by atoms with Gasteiger partial charge in [-0.15, -0.1) is 6.58 Å². The van der Waals surface area contributed by atoms with Crippen molar-refractivity contribution in [2.75, 3.05) is 6.61 Å². The molecule has 0 atom stereocenters. The van der Waals surface area contributed by atoms with Gasteiger partial charge in [-0.1, -0.05) is 13.0 Å². The molecular weight excluding hydrogens is 132 g/mol. The highest BCUT2D eigenvalue weighted by Crippen LogP contribution is 1.69. The van der Waals surface area contributed by atoms with Crippen molar-refractivity contribution in [2.45, 2.75) is 19.8 Å². The highest BCUT2D eigenvalue weighted by Gasteiger charge is 1.80. The molecule has 3 heteroatoms. The second kappa shape index (κ2) is 11.0. The van der Waals surface area contributed by atoms with Crippen molar-refractivity contribution in [2.24, 2.45) is 0 Å². The van der Waals surface area contributed by atoms with E-state index in [0.29, 0.717) is 6.42 Å². The van der Waals surface area contributed by atoms with Gasteiger partial charge in [-0.05, 0) is 6.42 Å². The molecule has 0 saturated heterocycles. The van der Waals surface area contributed by atoms with Crippen molar-refractivity contribution >= 4 is 5.97 Å². The van der Waals surface area contributed by atoms with Gasteiger partial charge in [-0.2, -0.15) is 0 Å². The summed E-state index contributed by atoms with van der Waals surface area (Å²) in [5.74, 6) is -0.745. The Labute approximate surface area is 61.0 Å². The average molecular weight is 146 g/mol. The molecule has 60 valence electrons.